The van der Waals surface area contributed by atoms with Crippen LogP contribution < -0.4 is 11.3 Å². The number of amides is 1. The molecule has 98 valence electrons. The quantitative estimate of drug-likeness (QED) is 0.804. The maximum absolute atomic E-state index is 12.3. The van der Waals surface area contributed by atoms with Gasteiger partial charge in [-0.3, -0.25) is 9.59 Å². The van der Waals surface area contributed by atoms with E-state index in [9.17, 15) is 9.59 Å². The first kappa shape index (κ1) is 12.8. The summed E-state index contributed by atoms with van der Waals surface area (Å²) in [5.74, 6) is 0.274. The summed E-state index contributed by atoms with van der Waals surface area (Å²) in [6.45, 7) is 3.44. The number of carbonyl (C=O) groups is 1. The van der Waals surface area contributed by atoms with Crippen molar-refractivity contribution in [3.05, 3.63) is 34.2 Å². The van der Waals surface area contributed by atoms with Gasteiger partial charge in [-0.1, -0.05) is 13.3 Å². The minimum atomic E-state index is -0.249. The van der Waals surface area contributed by atoms with Crippen molar-refractivity contribution in [2.24, 2.45) is 11.7 Å². The highest BCUT2D eigenvalue weighted by atomic mass is 16.2. The maximum atomic E-state index is 12.3. The summed E-state index contributed by atoms with van der Waals surface area (Å²) in [6, 6.07) is 3.16. The van der Waals surface area contributed by atoms with Gasteiger partial charge in [0.15, 0.2) is 0 Å². The predicted octanol–water partition coefficient (Wildman–Crippen LogP) is 0.574. The zero-order valence-electron chi connectivity index (χ0n) is 10.6. The molecule has 0 saturated carbocycles. The molecule has 2 unspecified atom stereocenters. The van der Waals surface area contributed by atoms with Crippen LogP contribution in [0.3, 0.4) is 0 Å². The van der Waals surface area contributed by atoms with Crippen molar-refractivity contribution in [1.29, 1.82) is 0 Å². The second-order valence-corrected chi connectivity index (χ2v) is 4.81. The molecule has 0 radical (unpaired) electrons. The summed E-state index contributed by atoms with van der Waals surface area (Å²) in [6.07, 6.45) is 3.30. The third-order valence-corrected chi connectivity index (χ3v) is 3.63. The van der Waals surface area contributed by atoms with Crippen LogP contribution in [0.25, 0.3) is 0 Å². The monoisotopic (exact) mass is 249 g/mol. The highest BCUT2D eigenvalue weighted by molar-refractivity contribution is 5.94. The second kappa shape index (κ2) is 5.35. The lowest BCUT2D eigenvalue weighted by atomic mass is 9.90. The zero-order valence-corrected chi connectivity index (χ0v) is 10.6. The van der Waals surface area contributed by atoms with Gasteiger partial charge < -0.3 is 15.6 Å². The molecule has 0 spiro atoms. The van der Waals surface area contributed by atoms with E-state index < -0.39 is 0 Å². The lowest BCUT2D eigenvalue weighted by Gasteiger charge is -2.36. The Morgan fingerprint density at radius 3 is 3.06 bits per heavy atom. The Morgan fingerprint density at radius 1 is 1.61 bits per heavy atom. The minimum Gasteiger partial charge on any atom is -0.338 e. The van der Waals surface area contributed by atoms with Gasteiger partial charge in [-0.15, -0.1) is 0 Å². The molecule has 0 aliphatic carbocycles. The predicted molar refractivity (Wildman–Crippen MR) is 69.3 cm³/mol. The average molecular weight is 249 g/mol. The van der Waals surface area contributed by atoms with E-state index in [1.54, 1.807) is 11.0 Å². The van der Waals surface area contributed by atoms with E-state index in [1.807, 2.05) is 0 Å². The number of piperidine rings is 1. The Bertz CT molecular complexity index is 483. The first-order chi connectivity index (χ1) is 8.61. The van der Waals surface area contributed by atoms with Crippen molar-refractivity contribution in [3.63, 3.8) is 0 Å². The van der Waals surface area contributed by atoms with Crippen LogP contribution in [0.5, 0.6) is 0 Å². The highest BCUT2D eigenvalue weighted by Gasteiger charge is 2.28. The van der Waals surface area contributed by atoms with E-state index >= 15 is 0 Å². The van der Waals surface area contributed by atoms with Crippen LogP contribution in [0.2, 0.25) is 0 Å². The molecule has 2 rings (SSSR count). The number of nitrogens with two attached hydrogens (primary N) is 1. The topological polar surface area (TPSA) is 79.2 Å². The Kier molecular flexibility index (Phi) is 3.81. The van der Waals surface area contributed by atoms with E-state index in [1.165, 1.54) is 12.3 Å². The van der Waals surface area contributed by atoms with Crippen molar-refractivity contribution in [2.75, 3.05) is 13.1 Å². The molecule has 18 heavy (non-hydrogen) atoms. The summed E-state index contributed by atoms with van der Waals surface area (Å²) in [4.78, 5) is 27.8. The standard InChI is InChI=1S/C13H19N3O2/c1-2-9-8-16(6-4-11(9)14)13(18)10-3-5-15-12(17)7-10/h3,5,7,9,11H,2,4,6,8,14H2,1H3,(H,15,17). The molecule has 1 aromatic rings. The van der Waals surface area contributed by atoms with Gasteiger partial charge in [0.05, 0.1) is 0 Å². The van der Waals surface area contributed by atoms with E-state index in [4.69, 9.17) is 5.73 Å². The van der Waals surface area contributed by atoms with E-state index in [0.717, 1.165) is 12.8 Å². The third kappa shape index (κ3) is 2.61. The average Bonchev–Trinajstić information content (AvgIpc) is 2.38. The Labute approximate surface area is 106 Å². The largest absolute Gasteiger partial charge is 0.338 e. The van der Waals surface area contributed by atoms with E-state index in [2.05, 4.69) is 11.9 Å². The molecular weight excluding hydrogens is 230 g/mol. The van der Waals surface area contributed by atoms with Gasteiger partial charge in [-0.25, -0.2) is 0 Å². The smallest absolute Gasteiger partial charge is 0.254 e. The van der Waals surface area contributed by atoms with Gasteiger partial charge in [0.25, 0.3) is 5.91 Å². The van der Waals surface area contributed by atoms with Crippen molar-refractivity contribution < 1.29 is 4.79 Å². The fraction of sp³-hybridized carbons (Fsp3) is 0.538. The second-order valence-electron chi connectivity index (χ2n) is 4.81. The molecule has 2 heterocycles. The van der Waals surface area contributed by atoms with Crippen LogP contribution in [0.4, 0.5) is 0 Å². The van der Waals surface area contributed by atoms with Crippen LogP contribution in [-0.4, -0.2) is 34.9 Å². The zero-order chi connectivity index (χ0) is 13.1. The lowest BCUT2D eigenvalue weighted by molar-refractivity contribution is 0.0649. The van der Waals surface area contributed by atoms with Crippen molar-refractivity contribution in [3.8, 4) is 0 Å². The highest BCUT2D eigenvalue weighted by Crippen LogP contribution is 2.19. The Hall–Kier alpha value is -1.62. The van der Waals surface area contributed by atoms with Crippen LogP contribution >= 0.6 is 0 Å². The molecule has 1 fully saturated rings. The first-order valence-electron chi connectivity index (χ1n) is 6.35. The Balaban J connectivity index is 2.12. The van der Waals surface area contributed by atoms with Gasteiger partial charge in [-0.2, -0.15) is 0 Å². The van der Waals surface area contributed by atoms with Gasteiger partial charge >= 0.3 is 0 Å². The molecule has 5 heteroatoms. The normalized spacial score (nSPS) is 24.0. The molecule has 1 aliphatic heterocycles. The molecule has 1 aliphatic rings. The van der Waals surface area contributed by atoms with Crippen molar-refractivity contribution in [2.45, 2.75) is 25.8 Å². The molecule has 0 aromatic carbocycles. The fourth-order valence-electron chi connectivity index (χ4n) is 2.43. The van der Waals surface area contributed by atoms with E-state index in [-0.39, 0.29) is 17.5 Å². The molecule has 3 N–H and O–H groups in total. The summed E-state index contributed by atoms with van der Waals surface area (Å²) in [5, 5.41) is 0. The summed E-state index contributed by atoms with van der Waals surface area (Å²) < 4.78 is 0. The molecule has 1 saturated heterocycles. The van der Waals surface area contributed by atoms with Crippen LogP contribution in [0.1, 0.15) is 30.1 Å². The van der Waals surface area contributed by atoms with Crippen LogP contribution in [0.15, 0.2) is 23.1 Å². The van der Waals surface area contributed by atoms with Gasteiger partial charge in [0.2, 0.25) is 5.56 Å². The number of pyridine rings is 1. The number of hydrogen-bond acceptors (Lipinski definition) is 3. The van der Waals surface area contributed by atoms with Gasteiger partial charge in [0, 0.05) is 37.0 Å². The number of H-pyrrole nitrogens is 1. The van der Waals surface area contributed by atoms with Gasteiger partial charge in [0.1, 0.15) is 0 Å². The number of hydrogen-bond donors (Lipinski definition) is 2. The van der Waals surface area contributed by atoms with Crippen LogP contribution in [-0.2, 0) is 0 Å². The number of carbonyl (C=O) groups excluding carboxylic acids is 1. The Morgan fingerprint density at radius 2 is 2.39 bits per heavy atom. The molecule has 2 atom stereocenters. The maximum Gasteiger partial charge on any atom is 0.254 e. The molecule has 1 amide bonds. The lowest BCUT2D eigenvalue weighted by Crippen LogP contribution is -2.49. The van der Waals surface area contributed by atoms with Crippen molar-refractivity contribution >= 4 is 5.91 Å². The van der Waals surface area contributed by atoms with Crippen molar-refractivity contribution in [1.82, 2.24) is 9.88 Å². The fourth-order valence-corrected chi connectivity index (χ4v) is 2.43. The van der Waals surface area contributed by atoms with Crippen LogP contribution in [0, 0.1) is 5.92 Å². The molecule has 0 bridgehead atoms. The molecule has 5 nitrogen and oxygen atoms in total. The van der Waals surface area contributed by atoms with E-state index in [0.29, 0.717) is 24.6 Å². The summed E-state index contributed by atoms with van der Waals surface area (Å²) in [5.41, 5.74) is 6.22. The molecule has 1 aromatic heterocycles. The summed E-state index contributed by atoms with van der Waals surface area (Å²) in [7, 11) is 0. The number of aromatic nitrogens is 1. The SMILES string of the molecule is CCC1CN(C(=O)c2cc[nH]c(=O)c2)CCC1N. The number of rotatable bonds is 2. The third-order valence-electron chi connectivity index (χ3n) is 3.63. The minimum absolute atomic E-state index is 0.0774. The first-order valence-corrected chi connectivity index (χ1v) is 6.35. The number of aromatic amines is 1. The number of likely N-dealkylation sites (tertiary alicyclic amines) is 1. The number of nitrogens with one attached hydrogen (secondary N) is 1. The molecular formula is C13H19N3O2. The van der Waals surface area contributed by atoms with Gasteiger partial charge in [-0.05, 0) is 18.4 Å². The number of nitrogens with zero attached hydrogens (tertiary/aromatic N) is 1. The summed E-state index contributed by atoms with van der Waals surface area (Å²) >= 11 is 0.